The summed E-state index contributed by atoms with van der Waals surface area (Å²) in [6, 6.07) is 5.25. The molecule has 33 heavy (non-hydrogen) atoms. The molecule has 0 fully saturated rings. The van der Waals surface area contributed by atoms with Crippen molar-refractivity contribution in [3.05, 3.63) is 44.2 Å². The van der Waals surface area contributed by atoms with Gasteiger partial charge in [-0.05, 0) is 56.4 Å². The van der Waals surface area contributed by atoms with Crippen LogP contribution in [0.2, 0.25) is 10.0 Å². The van der Waals surface area contributed by atoms with Crippen molar-refractivity contribution in [1.29, 1.82) is 0 Å². The molecule has 7 nitrogen and oxygen atoms in total. The first-order valence-electron chi connectivity index (χ1n) is 10.5. The van der Waals surface area contributed by atoms with E-state index in [2.05, 4.69) is 15.5 Å². The molecule has 1 aromatic carbocycles. The molecule has 4 rings (SSSR count). The number of ether oxygens (including phenoxy) is 1. The van der Waals surface area contributed by atoms with Gasteiger partial charge in [-0.25, -0.2) is 4.79 Å². The number of carbonyl (C=O) groups is 2. The van der Waals surface area contributed by atoms with Gasteiger partial charge in [0.15, 0.2) is 11.0 Å². The molecule has 2 heterocycles. The van der Waals surface area contributed by atoms with Crippen LogP contribution < -0.4 is 5.32 Å². The molecule has 3 aromatic rings. The number of hydrogen-bond donors (Lipinski definition) is 1. The molecule has 1 N–H and O–H groups in total. The average Bonchev–Trinajstić information content (AvgIpc) is 3.34. The highest BCUT2D eigenvalue weighted by Crippen LogP contribution is 2.39. The Balaban J connectivity index is 1.46. The molecule has 174 valence electrons. The van der Waals surface area contributed by atoms with E-state index in [4.69, 9.17) is 27.9 Å². The van der Waals surface area contributed by atoms with Crippen LogP contribution in [0.5, 0.6) is 0 Å². The minimum atomic E-state index is -0.376. The lowest BCUT2D eigenvalue weighted by Crippen LogP contribution is -2.17. The van der Waals surface area contributed by atoms with E-state index in [1.54, 1.807) is 23.6 Å². The number of thioether (sulfide) groups is 1. The molecule has 0 spiro atoms. The van der Waals surface area contributed by atoms with Crippen LogP contribution in [0.25, 0.3) is 11.4 Å². The normalized spacial score (nSPS) is 13.0. The predicted octanol–water partition coefficient (Wildman–Crippen LogP) is 5.64. The Labute approximate surface area is 209 Å². The van der Waals surface area contributed by atoms with Gasteiger partial charge in [-0.3, -0.25) is 4.79 Å². The summed E-state index contributed by atoms with van der Waals surface area (Å²) in [7, 11) is 1.82. The molecule has 11 heteroatoms. The number of amides is 1. The first kappa shape index (κ1) is 24.1. The third kappa shape index (κ3) is 5.21. The van der Waals surface area contributed by atoms with Crippen molar-refractivity contribution in [3.8, 4) is 11.4 Å². The number of anilines is 1. The van der Waals surface area contributed by atoms with Crippen LogP contribution >= 0.6 is 46.3 Å². The zero-order valence-corrected chi connectivity index (χ0v) is 21.3. The first-order chi connectivity index (χ1) is 15.9. The topological polar surface area (TPSA) is 86.1 Å². The Kier molecular flexibility index (Phi) is 7.63. The van der Waals surface area contributed by atoms with Crippen LogP contribution in [0.3, 0.4) is 0 Å². The highest BCUT2D eigenvalue weighted by Gasteiger charge is 2.27. The molecule has 0 atom stereocenters. The van der Waals surface area contributed by atoms with Gasteiger partial charge in [-0.2, -0.15) is 0 Å². The SMILES string of the molecule is CCOC(=O)c1c(NC(=O)CSc2nnc(-c3ccc(Cl)c(Cl)c3)n2C)sc2c1CCCC2. The number of aromatic nitrogens is 3. The number of nitrogens with zero attached hydrogens (tertiary/aromatic N) is 3. The summed E-state index contributed by atoms with van der Waals surface area (Å²) in [6.07, 6.45) is 3.88. The second-order valence-corrected chi connectivity index (χ2v) is 10.3. The molecule has 1 aliphatic rings. The number of benzene rings is 1. The minimum absolute atomic E-state index is 0.123. The van der Waals surface area contributed by atoms with E-state index < -0.39 is 0 Å². The lowest BCUT2D eigenvalue weighted by atomic mass is 9.95. The molecule has 0 saturated carbocycles. The first-order valence-corrected chi connectivity index (χ1v) is 13.0. The number of rotatable bonds is 7. The van der Waals surface area contributed by atoms with Crippen molar-refractivity contribution < 1.29 is 14.3 Å². The summed E-state index contributed by atoms with van der Waals surface area (Å²) >= 11 is 14.8. The summed E-state index contributed by atoms with van der Waals surface area (Å²) in [6.45, 7) is 2.07. The quantitative estimate of drug-likeness (QED) is 0.318. The molecule has 1 amide bonds. The highest BCUT2D eigenvalue weighted by atomic mass is 35.5. The Morgan fingerprint density at radius 2 is 2.00 bits per heavy atom. The summed E-state index contributed by atoms with van der Waals surface area (Å²) in [4.78, 5) is 26.5. The third-order valence-electron chi connectivity index (χ3n) is 5.25. The molecular formula is C22H22Cl2N4O3S2. The zero-order valence-electron chi connectivity index (χ0n) is 18.1. The van der Waals surface area contributed by atoms with Crippen molar-refractivity contribution in [2.45, 2.75) is 37.8 Å². The predicted molar refractivity (Wildman–Crippen MR) is 133 cm³/mol. The number of hydrogen-bond acceptors (Lipinski definition) is 7. The van der Waals surface area contributed by atoms with Gasteiger partial charge < -0.3 is 14.6 Å². The van der Waals surface area contributed by atoms with E-state index in [0.29, 0.717) is 38.2 Å². The van der Waals surface area contributed by atoms with Crippen LogP contribution in [-0.2, 0) is 29.4 Å². The van der Waals surface area contributed by atoms with E-state index in [1.807, 2.05) is 13.1 Å². The fraction of sp³-hybridized carbons (Fsp3) is 0.364. The molecule has 0 aliphatic heterocycles. The maximum Gasteiger partial charge on any atom is 0.341 e. The number of nitrogens with one attached hydrogen (secondary N) is 1. The summed E-state index contributed by atoms with van der Waals surface area (Å²) in [5.41, 5.74) is 2.31. The number of carbonyl (C=O) groups excluding carboxylic acids is 2. The van der Waals surface area contributed by atoms with Crippen molar-refractivity contribution in [1.82, 2.24) is 14.8 Å². The van der Waals surface area contributed by atoms with E-state index in [1.165, 1.54) is 23.1 Å². The molecular weight excluding hydrogens is 503 g/mol. The number of thiophene rings is 1. The molecule has 0 bridgehead atoms. The molecule has 1 aliphatic carbocycles. The van der Waals surface area contributed by atoms with E-state index in [9.17, 15) is 9.59 Å². The van der Waals surface area contributed by atoms with Gasteiger partial charge in [0.1, 0.15) is 5.00 Å². The van der Waals surface area contributed by atoms with Gasteiger partial charge >= 0.3 is 5.97 Å². The van der Waals surface area contributed by atoms with Crippen LogP contribution in [0.15, 0.2) is 23.4 Å². The number of halogens is 2. The molecule has 0 unspecified atom stereocenters. The monoisotopic (exact) mass is 524 g/mol. The Morgan fingerprint density at radius 1 is 1.21 bits per heavy atom. The standard InChI is InChI=1S/C22H22Cl2N4O3S2/c1-3-31-21(30)18-13-6-4-5-7-16(13)33-20(18)25-17(29)11-32-22-27-26-19(28(22)2)12-8-9-14(23)15(24)10-12/h8-10H,3-7,11H2,1-2H3,(H,25,29). The lowest BCUT2D eigenvalue weighted by Gasteiger charge is -2.12. The summed E-state index contributed by atoms with van der Waals surface area (Å²) in [5.74, 6) is 0.146. The van der Waals surface area contributed by atoms with Crippen LogP contribution in [0, 0.1) is 0 Å². The van der Waals surface area contributed by atoms with Crippen molar-refractivity contribution in [2.75, 3.05) is 17.7 Å². The summed E-state index contributed by atoms with van der Waals surface area (Å²) < 4.78 is 7.05. The maximum atomic E-state index is 12.7. The van der Waals surface area contributed by atoms with Crippen molar-refractivity contribution in [2.24, 2.45) is 7.05 Å². The smallest absolute Gasteiger partial charge is 0.341 e. The molecule has 2 aromatic heterocycles. The van der Waals surface area contributed by atoms with Gasteiger partial charge in [0.2, 0.25) is 5.91 Å². The van der Waals surface area contributed by atoms with Gasteiger partial charge in [0, 0.05) is 17.5 Å². The number of aryl methyl sites for hydroxylation is 1. The maximum absolute atomic E-state index is 12.7. The average molecular weight is 525 g/mol. The van der Waals surface area contributed by atoms with Crippen LogP contribution in [-0.4, -0.2) is 39.0 Å². The third-order valence-corrected chi connectivity index (χ3v) is 8.22. The fourth-order valence-corrected chi connectivity index (χ4v) is 6.00. The fourth-order valence-electron chi connectivity index (χ4n) is 3.69. The lowest BCUT2D eigenvalue weighted by molar-refractivity contribution is -0.113. The van der Waals surface area contributed by atoms with Crippen molar-refractivity contribution >= 4 is 63.2 Å². The second kappa shape index (κ2) is 10.5. The van der Waals surface area contributed by atoms with Gasteiger partial charge in [-0.1, -0.05) is 35.0 Å². The Bertz CT molecular complexity index is 1210. The number of esters is 1. The van der Waals surface area contributed by atoms with Gasteiger partial charge in [0.25, 0.3) is 0 Å². The van der Waals surface area contributed by atoms with E-state index in [-0.39, 0.29) is 17.6 Å². The Hall–Kier alpha value is -2.07. The van der Waals surface area contributed by atoms with Crippen molar-refractivity contribution in [3.63, 3.8) is 0 Å². The van der Waals surface area contributed by atoms with E-state index in [0.717, 1.165) is 41.7 Å². The highest BCUT2D eigenvalue weighted by molar-refractivity contribution is 7.99. The largest absolute Gasteiger partial charge is 0.462 e. The van der Waals surface area contributed by atoms with Crippen LogP contribution in [0.4, 0.5) is 5.00 Å². The molecule has 0 saturated heterocycles. The second-order valence-electron chi connectivity index (χ2n) is 7.47. The molecule has 0 radical (unpaired) electrons. The van der Waals surface area contributed by atoms with Gasteiger partial charge in [-0.15, -0.1) is 21.5 Å². The summed E-state index contributed by atoms with van der Waals surface area (Å²) in [5, 5.41) is 13.4. The minimum Gasteiger partial charge on any atom is -0.462 e. The van der Waals surface area contributed by atoms with Gasteiger partial charge in [0.05, 0.1) is 28.0 Å². The zero-order chi connectivity index (χ0) is 23.5. The van der Waals surface area contributed by atoms with Crippen LogP contribution in [0.1, 0.15) is 40.6 Å². The number of fused-ring (bicyclic) bond motifs is 1. The van der Waals surface area contributed by atoms with E-state index >= 15 is 0 Å². The Morgan fingerprint density at radius 3 is 2.76 bits per heavy atom.